The zero-order chi connectivity index (χ0) is 19.4. The quantitative estimate of drug-likeness (QED) is 0.776. The van der Waals surface area contributed by atoms with Gasteiger partial charge >= 0.3 is 12.6 Å². The van der Waals surface area contributed by atoms with E-state index in [2.05, 4.69) is 10.1 Å². The van der Waals surface area contributed by atoms with Gasteiger partial charge in [0, 0.05) is 11.8 Å². The fourth-order valence-electron chi connectivity index (χ4n) is 2.33. The third-order valence-corrected chi connectivity index (χ3v) is 3.62. The molecule has 0 aliphatic carbocycles. The van der Waals surface area contributed by atoms with Gasteiger partial charge in [0.25, 0.3) is 5.91 Å². The summed E-state index contributed by atoms with van der Waals surface area (Å²) >= 11 is 0. The van der Waals surface area contributed by atoms with Crippen molar-refractivity contribution in [1.82, 2.24) is 0 Å². The SMILES string of the molecule is C[C@H](OC(=O)c1ccccc1OC(F)F)C(=O)Nc1ccc2c(c1)OCO2. The summed E-state index contributed by atoms with van der Waals surface area (Å²) in [6, 6.07) is 10.2. The first-order chi connectivity index (χ1) is 12.9. The van der Waals surface area contributed by atoms with Crippen LogP contribution < -0.4 is 19.5 Å². The number of benzene rings is 2. The molecule has 2 aromatic rings. The Balaban J connectivity index is 1.63. The number of ether oxygens (including phenoxy) is 4. The highest BCUT2D eigenvalue weighted by molar-refractivity contribution is 5.98. The topological polar surface area (TPSA) is 83.1 Å². The summed E-state index contributed by atoms with van der Waals surface area (Å²) in [5, 5.41) is 2.57. The van der Waals surface area contributed by atoms with Crippen molar-refractivity contribution in [3.05, 3.63) is 48.0 Å². The van der Waals surface area contributed by atoms with Crippen molar-refractivity contribution in [2.24, 2.45) is 0 Å². The number of para-hydroxylation sites is 1. The summed E-state index contributed by atoms with van der Waals surface area (Å²) in [6.45, 7) is -1.64. The lowest BCUT2D eigenvalue weighted by atomic mass is 10.2. The smallest absolute Gasteiger partial charge is 0.387 e. The molecule has 3 rings (SSSR count). The van der Waals surface area contributed by atoms with Crippen LogP contribution in [0.4, 0.5) is 14.5 Å². The second kappa shape index (κ2) is 7.90. The molecule has 0 fully saturated rings. The molecule has 1 atom stereocenters. The summed E-state index contributed by atoms with van der Waals surface area (Å²) in [5.41, 5.74) is 0.217. The van der Waals surface area contributed by atoms with Crippen LogP contribution in [0.5, 0.6) is 17.2 Å². The number of amides is 1. The Bertz CT molecular complexity index is 857. The largest absolute Gasteiger partial charge is 0.454 e. The predicted octanol–water partition coefficient (Wildman–Crippen LogP) is 3.20. The maximum Gasteiger partial charge on any atom is 0.387 e. The minimum absolute atomic E-state index is 0.0981. The van der Waals surface area contributed by atoms with E-state index in [1.807, 2.05) is 0 Å². The molecule has 1 heterocycles. The second-order valence-electron chi connectivity index (χ2n) is 5.48. The fraction of sp³-hybridized carbons (Fsp3) is 0.222. The van der Waals surface area contributed by atoms with Crippen LogP contribution >= 0.6 is 0 Å². The van der Waals surface area contributed by atoms with E-state index in [9.17, 15) is 18.4 Å². The molecule has 1 aliphatic heterocycles. The second-order valence-corrected chi connectivity index (χ2v) is 5.48. The summed E-state index contributed by atoms with van der Waals surface area (Å²) in [7, 11) is 0. The van der Waals surface area contributed by atoms with Crippen LogP contribution in [-0.4, -0.2) is 31.4 Å². The first-order valence-corrected chi connectivity index (χ1v) is 7.89. The number of hydrogen-bond donors (Lipinski definition) is 1. The van der Waals surface area contributed by atoms with Gasteiger partial charge in [-0.2, -0.15) is 8.78 Å². The van der Waals surface area contributed by atoms with Gasteiger partial charge in [-0.3, -0.25) is 4.79 Å². The normalized spacial score (nSPS) is 13.2. The van der Waals surface area contributed by atoms with E-state index >= 15 is 0 Å². The molecule has 0 radical (unpaired) electrons. The van der Waals surface area contributed by atoms with Gasteiger partial charge in [-0.25, -0.2) is 4.79 Å². The molecule has 9 heteroatoms. The molecule has 2 aromatic carbocycles. The number of rotatable bonds is 6. The van der Waals surface area contributed by atoms with E-state index in [4.69, 9.17) is 14.2 Å². The summed E-state index contributed by atoms with van der Waals surface area (Å²) in [5.74, 6) is -0.853. The Morgan fingerprint density at radius 2 is 1.85 bits per heavy atom. The van der Waals surface area contributed by atoms with E-state index in [0.717, 1.165) is 0 Å². The van der Waals surface area contributed by atoms with Gasteiger partial charge in [0.05, 0.1) is 0 Å². The van der Waals surface area contributed by atoms with Crippen LogP contribution in [0.25, 0.3) is 0 Å². The number of nitrogens with one attached hydrogen (secondary N) is 1. The fourth-order valence-corrected chi connectivity index (χ4v) is 2.33. The van der Waals surface area contributed by atoms with Crippen molar-refractivity contribution in [2.75, 3.05) is 12.1 Å². The molecule has 0 saturated carbocycles. The molecule has 0 spiro atoms. The van der Waals surface area contributed by atoms with Crippen LogP contribution in [0.3, 0.4) is 0 Å². The van der Waals surface area contributed by atoms with Crippen molar-refractivity contribution in [2.45, 2.75) is 19.6 Å². The van der Waals surface area contributed by atoms with Crippen LogP contribution in [0.2, 0.25) is 0 Å². The third-order valence-electron chi connectivity index (χ3n) is 3.62. The summed E-state index contributed by atoms with van der Waals surface area (Å²) in [4.78, 5) is 24.4. The van der Waals surface area contributed by atoms with Gasteiger partial charge < -0.3 is 24.3 Å². The summed E-state index contributed by atoms with van der Waals surface area (Å²) < 4.78 is 44.6. The molecule has 0 unspecified atom stereocenters. The number of alkyl halides is 2. The monoisotopic (exact) mass is 379 g/mol. The van der Waals surface area contributed by atoms with Gasteiger partial charge in [0.15, 0.2) is 17.6 Å². The Morgan fingerprint density at radius 3 is 2.63 bits per heavy atom. The zero-order valence-corrected chi connectivity index (χ0v) is 14.1. The summed E-state index contributed by atoms with van der Waals surface area (Å²) in [6.07, 6.45) is -1.18. The van der Waals surface area contributed by atoms with Gasteiger partial charge in [-0.15, -0.1) is 0 Å². The minimum atomic E-state index is -3.09. The Hall–Kier alpha value is -3.36. The molecule has 0 saturated heterocycles. The number of esters is 1. The molecule has 142 valence electrons. The lowest BCUT2D eigenvalue weighted by Crippen LogP contribution is -2.30. The Kier molecular flexibility index (Phi) is 5.39. The van der Waals surface area contributed by atoms with Crippen molar-refractivity contribution in [3.8, 4) is 17.2 Å². The highest BCUT2D eigenvalue weighted by Gasteiger charge is 2.23. The molecule has 1 N–H and O–H groups in total. The van der Waals surface area contributed by atoms with E-state index in [-0.39, 0.29) is 18.1 Å². The van der Waals surface area contributed by atoms with Gasteiger partial charge in [0.2, 0.25) is 6.79 Å². The highest BCUT2D eigenvalue weighted by Crippen LogP contribution is 2.34. The van der Waals surface area contributed by atoms with E-state index in [1.165, 1.54) is 31.2 Å². The number of anilines is 1. The Labute approximate surface area is 152 Å². The van der Waals surface area contributed by atoms with E-state index < -0.39 is 24.6 Å². The zero-order valence-electron chi connectivity index (χ0n) is 14.1. The van der Waals surface area contributed by atoms with Crippen molar-refractivity contribution >= 4 is 17.6 Å². The standard InChI is InChI=1S/C18H15F2NO6/c1-10(16(22)21-11-6-7-14-15(8-11)25-9-24-14)26-17(23)12-4-2-3-5-13(12)27-18(19)20/h2-8,10,18H,9H2,1H3,(H,21,22)/t10-/m0/s1. The number of fused-ring (bicyclic) bond motifs is 1. The molecule has 7 nitrogen and oxygen atoms in total. The first-order valence-electron chi connectivity index (χ1n) is 7.89. The average Bonchev–Trinajstić information content (AvgIpc) is 3.09. The number of carbonyl (C=O) groups is 2. The van der Waals surface area contributed by atoms with Crippen LogP contribution in [0.15, 0.2) is 42.5 Å². The maximum absolute atomic E-state index is 12.4. The van der Waals surface area contributed by atoms with Crippen molar-refractivity contribution in [3.63, 3.8) is 0 Å². The number of carbonyl (C=O) groups excluding carboxylic acids is 2. The lowest BCUT2D eigenvalue weighted by molar-refractivity contribution is -0.123. The lowest BCUT2D eigenvalue weighted by Gasteiger charge is -2.15. The van der Waals surface area contributed by atoms with E-state index in [1.54, 1.807) is 18.2 Å². The first kappa shape index (κ1) is 18.4. The van der Waals surface area contributed by atoms with Crippen LogP contribution in [0.1, 0.15) is 17.3 Å². The molecule has 0 bridgehead atoms. The van der Waals surface area contributed by atoms with Gasteiger partial charge in [-0.05, 0) is 31.2 Å². The van der Waals surface area contributed by atoms with Gasteiger partial charge in [0.1, 0.15) is 11.3 Å². The molecule has 0 aromatic heterocycles. The van der Waals surface area contributed by atoms with Crippen molar-refractivity contribution < 1.29 is 37.3 Å². The Morgan fingerprint density at radius 1 is 1.11 bits per heavy atom. The van der Waals surface area contributed by atoms with Crippen molar-refractivity contribution in [1.29, 1.82) is 0 Å². The average molecular weight is 379 g/mol. The number of halogens is 2. The van der Waals surface area contributed by atoms with Gasteiger partial charge in [-0.1, -0.05) is 12.1 Å². The molecule has 27 heavy (non-hydrogen) atoms. The van der Waals surface area contributed by atoms with Crippen LogP contribution in [-0.2, 0) is 9.53 Å². The molecule has 1 aliphatic rings. The van der Waals surface area contributed by atoms with Crippen LogP contribution in [0, 0.1) is 0 Å². The minimum Gasteiger partial charge on any atom is -0.454 e. The molecular formula is C18H15F2NO6. The third kappa shape index (κ3) is 4.43. The predicted molar refractivity (Wildman–Crippen MR) is 89.1 cm³/mol. The van der Waals surface area contributed by atoms with E-state index in [0.29, 0.717) is 17.2 Å². The number of hydrogen-bond acceptors (Lipinski definition) is 6. The molecular weight excluding hydrogens is 364 g/mol. The highest BCUT2D eigenvalue weighted by atomic mass is 19.3. The molecule has 1 amide bonds. The maximum atomic E-state index is 12.4.